The van der Waals surface area contributed by atoms with E-state index in [1.807, 2.05) is 26.1 Å². The zero-order valence-corrected chi connectivity index (χ0v) is 13.2. The van der Waals surface area contributed by atoms with Crippen molar-refractivity contribution in [2.45, 2.75) is 13.0 Å². The first-order valence-electron chi connectivity index (χ1n) is 7.08. The third kappa shape index (κ3) is 2.71. The van der Waals surface area contributed by atoms with E-state index in [0.717, 1.165) is 5.56 Å². The van der Waals surface area contributed by atoms with Crippen LogP contribution >= 0.6 is 11.6 Å². The Bertz CT molecular complexity index is 701. The van der Waals surface area contributed by atoms with Gasteiger partial charge in [0.1, 0.15) is 12.4 Å². The molecule has 0 aliphatic carbocycles. The first-order valence-corrected chi connectivity index (χ1v) is 7.45. The molecule has 3 rings (SSSR count). The highest BCUT2D eigenvalue weighted by atomic mass is 35.5. The predicted octanol–water partition coefficient (Wildman–Crippen LogP) is 1.99. The maximum absolute atomic E-state index is 12.7. The summed E-state index contributed by atoms with van der Waals surface area (Å²) in [7, 11) is 1.86. The molecule has 22 heavy (non-hydrogen) atoms. The SMILES string of the molecule is Cc1cccc(C(=O)N2CCO[C@H](c3nncn3C)C2)c1Cl. The molecule has 0 saturated carbocycles. The second-order valence-corrected chi connectivity index (χ2v) is 5.73. The second kappa shape index (κ2) is 6.06. The van der Waals surface area contributed by atoms with Crippen molar-refractivity contribution in [3.05, 3.63) is 46.5 Å². The summed E-state index contributed by atoms with van der Waals surface area (Å²) in [4.78, 5) is 14.5. The zero-order chi connectivity index (χ0) is 15.7. The van der Waals surface area contributed by atoms with E-state index in [-0.39, 0.29) is 12.0 Å². The highest BCUT2D eigenvalue weighted by Gasteiger charge is 2.29. The van der Waals surface area contributed by atoms with Gasteiger partial charge >= 0.3 is 0 Å². The first kappa shape index (κ1) is 15.0. The van der Waals surface area contributed by atoms with E-state index in [1.165, 1.54) is 0 Å². The molecule has 1 atom stereocenters. The van der Waals surface area contributed by atoms with E-state index in [0.29, 0.717) is 36.1 Å². The summed E-state index contributed by atoms with van der Waals surface area (Å²) < 4.78 is 7.53. The zero-order valence-electron chi connectivity index (χ0n) is 12.5. The fourth-order valence-electron chi connectivity index (χ4n) is 2.56. The van der Waals surface area contributed by atoms with Crippen molar-refractivity contribution in [2.75, 3.05) is 19.7 Å². The molecular weight excluding hydrogens is 304 g/mol. The number of morpholine rings is 1. The number of rotatable bonds is 2. The van der Waals surface area contributed by atoms with Crippen molar-refractivity contribution in [1.82, 2.24) is 19.7 Å². The van der Waals surface area contributed by atoms with Gasteiger partial charge in [0.2, 0.25) is 0 Å². The highest BCUT2D eigenvalue weighted by Crippen LogP contribution is 2.25. The van der Waals surface area contributed by atoms with Crippen LogP contribution in [0.5, 0.6) is 0 Å². The van der Waals surface area contributed by atoms with Crippen molar-refractivity contribution in [3.63, 3.8) is 0 Å². The Morgan fingerprint density at radius 1 is 1.45 bits per heavy atom. The number of hydrogen-bond donors (Lipinski definition) is 0. The minimum atomic E-state index is -0.270. The summed E-state index contributed by atoms with van der Waals surface area (Å²) in [6.07, 6.45) is 1.35. The highest BCUT2D eigenvalue weighted by molar-refractivity contribution is 6.34. The Balaban J connectivity index is 1.81. The maximum atomic E-state index is 12.7. The fourth-order valence-corrected chi connectivity index (χ4v) is 2.76. The van der Waals surface area contributed by atoms with Crippen molar-refractivity contribution in [2.24, 2.45) is 7.05 Å². The number of carbonyl (C=O) groups is 1. The quantitative estimate of drug-likeness (QED) is 0.849. The van der Waals surface area contributed by atoms with Crippen LogP contribution in [-0.2, 0) is 11.8 Å². The molecule has 1 aliphatic heterocycles. The largest absolute Gasteiger partial charge is 0.366 e. The molecule has 1 saturated heterocycles. The average molecular weight is 321 g/mol. The van der Waals surface area contributed by atoms with Gasteiger partial charge in [0.05, 0.1) is 23.7 Å². The molecule has 1 aromatic carbocycles. The standard InChI is InChI=1S/C15H17ClN4O2/c1-10-4-3-5-11(13(10)16)15(21)20-6-7-22-12(8-20)14-18-17-9-19(14)2/h3-5,9,12H,6-8H2,1-2H3/t12-/m0/s1. The fraction of sp³-hybridized carbons (Fsp3) is 0.400. The monoisotopic (exact) mass is 320 g/mol. The first-order chi connectivity index (χ1) is 10.6. The number of aryl methyl sites for hydroxylation is 2. The molecule has 2 aromatic rings. The van der Waals surface area contributed by atoms with Crippen LogP contribution in [0.3, 0.4) is 0 Å². The number of benzene rings is 1. The molecule has 0 N–H and O–H groups in total. The van der Waals surface area contributed by atoms with Gasteiger partial charge in [-0.3, -0.25) is 4.79 Å². The Morgan fingerprint density at radius 2 is 2.27 bits per heavy atom. The van der Waals surface area contributed by atoms with Gasteiger partial charge in [0.15, 0.2) is 5.82 Å². The summed E-state index contributed by atoms with van der Waals surface area (Å²) >= 11 is 6.26. The Labute approximate surface area is 133 Å². The summed E-state index contributed by atoms with van der Waals surface area (Å²) in [6, 6.07) is 5.49. The van der Waals surface area contributed by atoms with E-state index >= 15 is 0 Å². The number of nitrogens with zero attached hydrogens (tertiary/aromatic N) is 4. The molecule has 1 fully saturated rings. The molecule has 0 spiro atoms. The summed E-state index contributed by atoms with van der Waals surface area (Å²) in [5.41, 5.74) is 1.42. The normalized spacial score (nSPS) is 18.5. The van der Waals surface area contributed by atoms with Crippen molar-refractivity contribution in [1.29, 1.82) is 0 Å². The molecule has 2 heterocycles. The minimum Gasteiger partial charge on any atom is -0.366 e. The predicted molar refractivity (Wildman–Crippen MR) is 81.8 cm³/mol. The van der Waals surface area contributed by atoms with Crippen LogP contribution in [0.15, 0.2) is 24.5 Å². The Hall–Kier alpha value is -1.92. The number of halogens is 1. The van der Waals surface area contributed by atoms with Gasteiger partial charge in [-0.05, 0) is 18.6 Å². The molecule has 0 radical (unpaired) electrons. The Kier molecular flexibility index (Phi) is 4.13. The molecule has 1 aliphatic rings. The van der Waals surface area contributed by atoms with Gasteiger partial charge in [0.25, 0.3) is 5.91 Å². The summed E-state index contributed by atoms with van der Waals surface area (Å²) in [6.45, 7) is 3.33. The summed E-state index contributed by atoms with van der Waals surface area (Å²) in [5.74, 6) is 0.636. The van der Waals surface area contributed by atoms with Crippen LogP contribution < -0.4 is 0 Å². The van der Waals surface area contributed by atoms with E-state index in [1.54, 1.807) is 21.9 Å². The van der Waals surface area contributed by atoms with E-state index < -0.39 is 0 Å². The average Bonchev–Trinajstić information content (AvgIpc) is 2.96. The molecule has 116 valence electrons. The molecular formula is C15H17ClN4O2. The van der Waals surface area contributed by atoms with Crippen molar-refractivity contribution in [3.8, 4) is 0 Å². The van der Waals surface area contributed by atoms with E-state index in [9.17, 15) is 4.79 Å². The van der Waals surface area contributed by atoms with Crippen LogP contribution in [0.4, 0.5) is 0 Å². The van der Waals surface area contributed by atoms with Gasteiger partial charge in [-0.15, -0.1) is 10.2 Å². The van der Waals surface area contributed by atoms with Gasteiger partial charge < -0.3 is 14.2 Å². The number of aromatic nitrogens is 3. The number of amides is 1. The van der Waals surface area contributed by atoms with Gasteiger partial charge in [-0.2, -0.15) is 0 Å². The summed E-state index contributed by atoms with van der Waals surface area (Å²) in [5, 5.41) is 8.43. The lowest BCUT2D eigenvalue weighted by atomic mass is 10.1. The van der Waals surface area contributed by atoms with Crippen LogP contribution in [0.1, 0.15) is 27.8 Å². The van der Waals surface area contributed by atoms with Gasteiger partial charge in [0, 0.05) is 13.6 Å². The second-order valence-electron chi connectivity index (χ2n) is 5.35. The molecule has 1 amide bonds. The maximum Gasteiger partial charge on any atom is 0.255 e. The van der Waals surface area contributed by atoms with Crippen LogP contribution in [0, 0.1) is 6.92 Å². The van der Waals surface area contributed by atoms with E-state index in [4.69, 9.17) is 16.3 Å². The van der Waals surface area contributed by atoms with Crippen LogP contribution in [0.2, 0.25) is 5.02 Å². The topological polar surface area (TPSA) is 60.3 Å². The lowest BCUT2D eigenvalue weighted by molar-refractivity contribution is -0.0281. The van der Waals surface area contributed by atoms with Crippen LogP contribution in [0.25, 0.3) is 0 Å². The number of ether oxygens (including phenoxy) is 1. The number of hydrogen-bond acceptors (Lipinski definition) is 4. The third-order valence-electron chi connectivity index (χ3n) is 3.81. The molecule has 6 nitrogen and oxygen atoms in total. The third-order valence-corrected chi connectivity index (χ3v) is 4.31. The van der Waals surface area contributed by atoms with Crippen molar-refractivity contribution < 1.29 is 9.53 Å². The molecule has 7 heteroatoms. The lowest BCUT2D eigenvalue weighted by Gasteiger charge is -2.32. The van der Waals surface area contributed by atoms with Crippen LogP contribution in [-0.4, -0.2) is 45.3 Å². The van der Waals surface area contributed by atoms with Gasteiger partial charge in [-0.25, -0.2) is 0 Å². The van der Waals surface area contributed by atoms with Crippen molar-refractivity contribution >= 4 is 17.5 Å². The lowest BCUT2D eigenvalue weighted by Crippen LogP contribution is -2.43. The minimum absolute atomic E-state index is 0.0795. The molecule has 1 aromatic heterocycles. The molecule has 0 bridgehead atoms. The van der Waals surface area contributed by atoms with E-state index in [2.05, 4.69) is 10.2 Å². The number of carbonyl (C=O) groups excluding carboxylic acids is 1. The molecule has 0 unspecified atom stereocenters. The smallest absolute Gasteiger partial charge is 0.255 e. The van der Waals surface area contributed by atoms with Gasteiger partial charge in [-0.1, -0.05) is 23.7 Å². The Morgan fingerprint density at radius 3 is 3.00 bits per heavy atom.